The molecular formula is C36H36N2O7S. The maximum absolute atomic E-state index is 13.2. The zero-order chi connectivity index (χ0) is 32.6. The summed E-state index contributed by atoms with van der Waals surface area (Å²) in [4.78, 5) is 41.1. The lowest BCUT2D eigenvalue weighted by atomic mass is 9.87. The maximum Gasteiger partial charge on any atom is 0.286 e. The highest BCUT2D eigenvalue weighted by molar-refractivity contribution is 8.15. The molecule has 1 fully saturated rings. The minimum Gasteiger partial charge on any atom is -0.488 e. The number of aryl methyl sites for hydroxylation is 1. The fourth-order valence-corrected chi connectivity index (χ4v) is 6.75. The molecule has 1 N–H and O–H groups in total. The van der Waals surface area contributed by atoms with Gasteiger partial charge in [0.2, 0.25) is 17.6 Å². The van der Waals surface area contributed by atoms with Crippen molar-refractivity contribution in [3.05, 3.63) is 105 Å². The van der Waals surface area contributed by atoms with Crippen LogP contribution >= 0.6 is 11.8 Å². The van der Waals surface area contributed by atoms with Crippen LogP contribution in [0.3, 0.4) is 0 Å². The number of oxazole rings is 1. The van der Waals surface area contributed by atoms with E-state index in [1.54, 1.807) is 19.1 Å². The highest BCUT2D eigenvalue weighted by Crippen LogP contribution is 2.46. The van der Waals surface area contributed by atoms with Crippen molar-refractivity contribution in [2.75, 3.05) is 6.61 Å². The van der Waals surface area contributed by atoms with Gasteiger partial charge in [-0.15, -0.1) is 0 Å². The number of Topliss-reactive ketones (excluding diaryl/α,β-unsaturated/α-hetero) is 1. The second-order valence-electron chi connectivity index (χ2n) is 12.0. The third-order valence-electron chi connectivity index (χ3n) is 8.71. The van der Waals surface area contributed by atoms with Gasteiger partial charge in [0.25, 0.3) is 5.24 Å². The average Bonchev–Trinajstić information content (AvgIpc) is 3.60. The van der Waals surface area contributed by atoms with Gasteiger partial charge in [-0.25, -0.2) is 4.98 Å². The highest BCUT2D eigenvalue weighted by Gasteiger charge is 2.41. The molecule has 9 nitrogen and oxygen atoms in total. The first-order valence-electron chi connectivity index (χ1n) is 15.2. The molecule has 46 heavy (non-hydrogen) atoms. The maximum atomic E-state index is 13.2. The van der Waals surface area contributed by atoms with E-state index in [-0.39, 0.29) is 29.2 Å². The third kappa shape index (κ3) is 6.26. The average molecular weight is 641 g/mol. The standard InChI is InChI=1S/C36H36N2O7S/c1-20-21(2)32-27(22(3)31(20)43-18-25-9-7-6-8-10-25)15-16-36(5,45-32)34-37-30(23(4)44-34)28(39)19-42-26-13-11-24(12-14-26)17-29-33(40)38-35(41)46-29/h6-14,29H,15-19H2,1-5H3,(H,38,40,41). The van der Waals surface area contributed by atoms with E-state index in [1.807, 2.05) is 51.1 Å². The van der Waals surface area contributed by atoms with E-state index in [4.69, 9.17) is 18.6 Å². The van der Waals surface area contributed by atoms with E-state index in [1.165, 1.54) is 0 Å². The zero-order valence-electron chi connectivity index (χ0n) is 26.5. The molecule has 3 aromatic carbocycles. The minimum atomic E-state index is -0.859. The van der Waals surface area contributed by atoms with Crippen molar-refractivity contribution in [1.82, 2.24) is 10.3 Å². The number of carbonyl (C=O) groups excluding carboxylic acids is 3. The minimum absolute atomic E-state index is 0.213. The molecule has 3 heterocycles. The smallest absolute Gasteiger partial charge is 0.286 e. The molecule has 2 amide bonds. The van der Waals surface area contributed by atoms with Crippen LogP contribution < -0.4 is 19.5 Å². The Kier molecular flexibility index (Phi) is 8.65. The summed E-state index contributed by atoms with van der Waals surface area (Å²) in [5.74, 6) is 2.38. The Balaban J connectivity index is 1.12. The Morgan fingerprint density at radius 2 is 1.72 bits per heavy atom. The van der Waals surface area contributed by atoms with Gasteiger partial charge in [-0.3, -0.25) is 19.7 Å². The fraction of sp³-hybridized carbons (Fsp3) is 0.333. The summed E-state index contributed by atoms with van der Waals surface area (Å²) in [6, 6.07) is 17.2. The van der Waals surface area contributed by atoms with Crippen LogP contribution in [0, 0.1) is 27.7 Å². The van der Waals surface area contributed by atoms with Crippen LogP contribution in [0.15, 0.2) is 59.0 Å². The number of amides is 2. The number of fused-ring (bicyclic) bond motifs is 1. The molecule has 2 aliphatic rings. The number of rotatable bonds is 10. The summed E-state index contributed by atoms with van der Waals surface area (Å²) in [6.07, 6.45) is 1.79. The third-order valence-corrected chi connectivity index (χ3v) is 9.69. The molecule has 2 unspecified atom stereocenters. The van der Waals surface area contributed by atoms with Gasteiger partial charge >= 0.3 is 0 Å². The largest absolute Gasteiger partial charge is 0.488 e. The second-order valence-corrected chi connectivity index (χ2v) is 13.2. The number of hydrogen-bond acceptors (Lipinski definition) is 9. The molecule has 2 aliphatic heterocycles. The Morgan fingerprint density at radius 3 is 2.41 bits per heavy atom. The van der Waals surface area contributed by atoms with Gasteiger partial charge in [-0.05, 0) is 87.4 Å². The van der Waals surface area contributed by atoms with Gasteiger partial charge in [0, 0.05) is 12.0 Å². The summed E-state index contributed by atoms with van der Waals surface area (Å²) in [7, 11) is 0. The molecule has 1 saturated heterocycles. The van der Waals surface area contributed by atoms with E-state index in [0.717, 1.165) is 63.1 Å². The van der Waals surface area contributed by atoms with E-state index in [9.17, 15) is 14.4 Å². The molecule has 0 spiro atoms. The van der Waals surface area contributed by atoms with E-state index < -0.39 is 10.9 Å². The monoisotopic (exact) mass is 640 g/mol. The summed E-state index contributed by atoms with van der Waals surface area (Å²) in [5, 5.41) is 1.53. The van der Waals surface area contributed by atoms with Crippen LogP contribution in [0.1, 0.15) is 68.9 Å². The number of ketones is 1. The Bertz CT molecular complexity index is 1820. The molecular weight excluding hydrogens is 604 g/mol. The number of nitrogens with zero attached hydrogens (tertiary/aromatic N) is 1. The summed E-state index contributed by atoms with van der Waals surface area (Å²) >= 11 is 0.992. The van der Waals surface area contributed by atoms with Crippen molar-refractivity contribution in [3.8, 4) is 17.2 Å². The molecule has 10 heteroatoms. The predicted molar refractivity (Wildman–Crippen MR) is 174 cm³/mol. The van der Waals surface area contributed by atoms with E-state index >= 15 is 0 Å². The number of nitrogens with one attached hydrogen (secondary N) is 1. The molecule has 0 radical (unpaired) electrons. The van der Waals surface area contributed by atoms with Crippen molar-refractivity contribution in [3.63, 3.8) is 0 Å². The number of thioether (sulfide) groups is 1. The number of ether oxygens (including phenoxy) is 3. The number of hydrogen-bond donors (Lipinski definition) is 1. The first-order valence-corrected chi connectivity index (χ1v) is 16.1. The lowest BCUT2D eigenvalue weighted by Crippen LogP contribution is -2.35. The normalized spacial score (nSPS) is 18.9. The predicted octanol–water partition coefficient (Wildman–Crippen LogP) is 6.88. The van der Waals surface area contributed by atoms with Gasteiger partial charge in [0.05, 0.1) is 5.25 Å². The van der Waals surface area contributed by atoms with Crippen molar-refractivity contribution >= 4 is 28.7 Å². The van der Waals surface area contributed by atoms with E-state index in [0.29, 0.717) is 36.8 Å². The zero-order valence-corrected chi connectivity index (χ0v) is 27.3. The quantitative estimate of drug-likeness (QED) is 0.185. The van der Waals surface area contributed by atoms with Crippen LogP contribution in [-0.2, 0) is 29.8 Å². The summed E-state index contributed by atoms with van der Waals surface area (Å²) < 4.78 is 24.8. The first kappa shape index (κ1) is 31.4. The van der Waals surface area contributed by atoms with Crippen LogP contribution in [0.5, 0.6) is 17.2 Å². The van der Waals surface area contributed by atoms with Gasteiger partial charge in [0.1, 0.15) is 29.6 Å². The Labute approximate surface area is 272 Å². The highest BCUT2D eigenvalue weighted by atomic mass is 32.2. The Morgan fingerprint density at radius 1 is 0.978 bits per heavy atom. The van der Waals surface area contributed by atoms with Gasteiger partial charge in [0.15, 0.2) is 17.9 Å². The molecule has 1 aromatic heterocycles. The van der Waals surface area contributed by atoms with Gasteiger partial charge in [-0.2, -0.15) is 0 Å². The molecule has 4 aromatic rings. The molecule has 6 rings (SSSR count). The Hall–Kier alpha value is -4.57. The molecule has 2 atom stereocenters. The molecule has 0 saturated carbocycles. The first-order chi connectivity index (χ1) is 22.0. The van der Waals surface area contributed by atoms with Gasteiger partial charge in [-0.1, -0.05) is 54.2 Å². The van der Waals surface area contributed by atoms with Gasteiger partial charge < -0.3 is 18.6 Å². The van der Waals surface area contributed by atoms with E-state index in [2.05, 4.69) is 29.4 Å². The number of aromatic nitrogens is 1. The fourth-order valence-electron chi connectivity index (χ4n) is 5.89. The summed E-state index contributed by atoms with van der Waals surface area (Å²) in [5.41, 5.74) is 5.56. The van der Waals surface area contributed by atoms with Crippen molar-refractivity contribution in [2.24, 2.45) is 0 Å². The number of carbonyl (C=O) groups is 3. The topological polar surface area (TPSA) is 117 Å². The van der Waals surface area contributed by atoms with Crippen LogP contribution in [0.25, 0.3) is 0 Å². The molecule has 0 aliphatic carbocycles. The lowest BCUT2D eigenvalue weighted by Gasteiger charge is -2.36. The SMILES string of the molecule is Cc1oc(C2(C)CCc3c(C)c(OCc4ccccc4)c(C)c(C)c3O2)nc1C(=O)COc1ccc(CC2SC(=O)NC2=O)cc1. The summed E-state index contributed by atoms with van der Waals surface area (Å²) in [6.45, 7) is 10.1. The van der Waals surface area contributed by atoms with Crippen LogP contribution in [0.4, 0.5) is 4.79 Å². The van der Waals surface area contributed by atoms with Crippen molar-refractivity contribution in [2.45, 2.75) is 71.3 Å². The number of imide groups is 1. The number of benzene rings is 3. The van der Waals surface area contributed by atoms with Crippen LogP contribution in [0.2, 0.25) is 0 Å². The van der Waals surface area contributed by atoms with Crippen molar-refractivity contribution in [1.29, 1.82) is 0 Å². The molecule has 0 bridgehead atoms. The van der Waals surface area contributed by atoms with Crippen molar-refractivity contribution < 1.29 is 33.0 Å². The lowest BCUT2D eigenvalue weighted by molar-refractivity contribution is -0.118. The second kappa shape index (κ2) is 12.7. The van der Waals surface area contributed by atoms with Crippen LogP contribution in [-0.4, -0.2) is 33.8 Å². The molecule has 238 valence electrons.